The smallest absolute Gasteiger partial charge is 0.219 e. The SMILES string of the molecule is C[C@H](Oc1cc(N2CCN(C)CC2)nc(-c2noc3c2CCC[C@@]32CCCc3sc(N)c(C#N)c32)n1)[C@@H]1CCCN1C. The first-order valence-electron chi connectivity index (χ1n) is 15.4. The first kappa shape index (κ1) is 27.6. The number of nitrogens with zero attached hydrogens (tertiary/aromatic N) is 7. The molecule has 0 saturated carbocycles. The van der Waals surface area contributed by atoms with Gasteiger partial charge in [-0.25, -0.2) is 4.98 Å². The van der Waals surface area contributed by atoms with Crippen molar-refractivity contribution in [3.05, 3.63) is 33.4 Å². The van der Waals surface area contributed by atoms with Crippen LogP contribution >= 0.6 is 11.3 Å². The Labute approximate surface area is 251 Å². The third kappa shape index (κ3) is 4.55. The molecule has 0 unspecified atom stereocenters. The molecule has 0 aromatic carbocycles. The molecular weight excluding hydrogens is 548 g/mol. The van der Waals surface area contributed by atoms with Gasteiger partial charge in [-0.05, 0) is 84.5 Å². The van der Waals surface area contributed by atoms with E-state index in [0.29, 0.717) is 34.0 Å². The van der Waals surface area contributed by atoms with Crippen molar-refractivity contribution in [1.29, 1.82) is 5.26 Å². The molecule has 11 heteroatoms. The summed E-state index contributed by atoms with van der Waals surface area (Å²) in [5, 5.41) is 15.3. The van der Waals surface area contributed by atoms with Crippen molar-refractivity contribution in [3.8, 4) is 23.5 Å². The van der Waals surface area contributed by atoms with Crippen molar-refractivity contribution >= 4 is 22.2 Å². The number of hydrogen-bond donors (Lipinski definition) is 1. The largest absolute Gasteiger partial charge is 0.473 e. The molecule has 3 aromatic heterocycles. The van der Waals surface area contributed by atoms with Crippen LogP contribution in [0.15, 0.2) is 10.6 Å². The molecule has 0 amide bonds. The molecule has 3 aromatic rings. The number of hydrogen-bond acceptors (Lipinski definition) is 11. The predicted octanol–water partition coefficient (Wildman–Crippen LogP) is 4.22. The number of likely N-dealkylation sites (tertiary alicyclic amines) is 1. The molecule has 2 aliphatic carbocycles. The van der Waals surface area contributed by atoms with Crippen LogP contribution in [0.25, 0.3) is 11.5 Å². The van der Waals surface area contributed by atoms with Crippen LogP contribution in [0.3, 0.4) is 0 Å². The van der Waals surface area contributed by atoms with E-state index in [1.54, 1.807) is 11.3 Å². The molecule has 7 rings (SSSR count). The molecule has 2 saturated heterocycles. The van der Waals surface area contributed by atoms with Gasteiger partial charge in [0.25, 0.3) is 0 Å². The first-order valence-corrected chi connectivity index (χ1v) is 16.2. The Morgan fingerprint density at radius 1 is 1.12 bits per heavy atom. The zero-order valence-electron chi connectivity index (χ0n) is 24.9. The van der Waals surface area contributed by atoms with Crippen molar-refractivity contribution in [2.45, 2.75) is 75.9 Å². The molecular formula is C31H40N8O2S. The minimum absolute atomic E-state index is 0.00388. The van der Waals surface area contributed by atoms with E-state index in [0.717, 1.165) is 100 Å². The minimum Gasteiger partial charge on any atom is -0.473 e. The Balaban J connectivity index is 1.30. The van der Waals surface area contributed by atoms with Crippen LogP contribution in [0.1, 0.15) is 72.8 Å². The van der Waals surface area contributed by atoms with Crippen molar-refractivity contribution in [2.75, 3.05) is 57.5 Å². The molecule has 2 aliphatic heterocycles. The van der Waals surface area contributed by atoms with Crippen LogP contribution in [-0.4, -0.2) is 83.9 Å². The summed E-state index contributed by atoms with van der Waals surface area (Å²) >= 11 is 1.56. The number of fused-ring (bicyclic) bond motifs is 4. The zero-order chi connectivity index (χ0) is 29.0. The number of nitrogen functional groups attached to an aromatic ring is 1. The fourth-order valence-electron chi connectivity index (χ4n) is 7.79. The lowest BCUT2D eigenvalue weighted by Crippen LogP contribution is -2.45. The number of nitriles is 1. The number of ether oxygens (including phenoxy) is 1. The van der Waals surface area contributed by atoms with Gasteiger partial charge in [0.2, 0.25) is 5.88 Å². The van der Waals surface area contributed by atoms with E-state index in [2.05, 4.69) is 46.9 Å². The third-order valence-corrected chi connectivity index (χ3v) is 11.1. The average Bonchev–Trinajstić information content (AvgIpc) is 3.70. The van der Waals surface area contributed by atoms with E-state index in [1.807, 2.05) is 6.07 Å². The van der Waals surface area contributed by atoms with Crippen LogP contribution in [0.2, 0.25) is 0 Å². The van der Waals surface area contributed by atoms with Gasteiger partial charge in [0.15, 0.2) is 17.3 Å². The van der Waals surface area contributed by atoms with Crippen LogP contribution in [0.5, 0.6) is 5.88 Å². The van der Waals surface area contributed by atoms with Crippen LogP contribution < -0.4 is 15.4 Å². The fraction of sp³-hybridized carbons (Fsp3) is 0.613. The number of aromatic nitrogens is 3. The number of piperazine rings is 1. The van der Waals surface area contributed by atoms with Crippen molar-refractivity contribution in [3.63, 3.8) is 0 Å². The Kier molecular flexibility index (Phi) is 7.11. The third-order valence-electron chi connectivity index (χ3n) is 10.0. The number of nitrogens with two attached hydrogens (primary N) is 1. The van der Waals surface area contributed by atoms with Crippen LogP contribution in [-0.2, 0) is 18.3 Å². The summed E-state index contributed by atoms with van der Waals surface area (Å²) in [6.45, 7) is 6.99. The molecule has 2 fully saturated rings. The van der Waals surface area contributed by atoms with Gasteiger partial charge in [-0.15, -0.1) is 11.3 Å². The Morgan fingerprint density at radius 2 is 1.90 bits per heavy atom. The number of likely N-dealkylation sites (N-methyl/N-ethyl adjacent to an activating group) is 2. The van der Waals surface area contributed by atoms with Gasteiger partial charge >= 0.3 is 0 Å². The highest BCUT2D eigenvalue weighted by atomic mass is 32.1. The lowest BCUT2D eigenvalue weighted by Gasteiger charge is -2.39. The molecule has 0 radical (unpaired) electrons. The Hall–Kier alpha value is -3.20. The van der Waals surface area contributed by atoms with E-state index >= 15 is 0 Å². The van der Waals surface area contributed by atoms with Gasteiger partial charge in [0, 0.05) is 48.7 Å². The number of rotatable bonds is 5. The lowest BCUT2D eigenvalue weighted by molar-refractivity contribution is 0.117. The van der Waals surface area contributed by atoms with Crippen molar-refractivity contribution in [2.24, 2.45) is 0 Å². The Morgan fingerprint density at radius 3 is 2.64 bits per heavy atom. The highest BCUT2D eigenvalue weighted by Gasteiger charge is 2.49. The van der Waals surface area contributed by atoms with Gasteiger partial charge in [0.05, 0.1) is 11.0 Å². The predicted molar refractivity (Wildman–Crippen MR) is 163 cm³/mol. The lowest BCUT2D eigenvalue weighted by atomic mass is 9.63. The van der Waals surface area contributed by atoms with E-state index in [4.69, 9.17) is 25.0 Å². The summed E-state index contributed by atoms with van der Waals surface area (Å²) in [6.07, 6.45) is 7.98. The van der Waals surface area contributed by atoms with Crippen molar-refractivity contribution < 1.29 is 9.26 Å². The maximum Gasteiger partial charge on any atom is 0.219 e. The first-order chi connectivity index (χ1) is 20.4. The van der Waals surface area contributed by atoms with E-state index in [-0.39, 0.29) is 11.5 Å². The van der Waals surface area contributed by atoms with Crippen molar-refractivity contribution in [1.82, 2.24) is 24.9 Å². The van der Waals surface area contributed by atoms with Gasteiger partial charge in [-0.2, -0.15) is 10.2 Å². The Bertz CT molecular complexity index is 1520. The number of thiophene rings is 1. The second kappa shape index (κ2) is 10.8. The normalized spacial score (nSPS) is 25.3. The van der Waals surface area contributed by atoms with Gasteiger partial charge < -0.3 is 24.8 Å². The fourth-order valence-corrected chi connectivity index (χ4v) is 8.95. The molecule has 222 valence electrons. The molecule has 1 spiro atoms. The summed E-state index contributed by atoms with van der Waals surface area (Å²) in [5.74, 6) is 2.88. The molecule has 10 nitrogen and oxygen atoms in total. The molecule has 5 heterocycles. The quantitative estimate of drug-likeness (QED) is 0.464. The standard InChI is InChI=1S/C31H40N8O2S/c1-19(22-8-6-12-38(22)3)40-25-17-24(39-15-13-37(2)14-16-39)34-30(35-25)27-20-7-4-10-31(28(20)41-36-27)11-5-9-23-26(31)21(18-32)29(33)42-23/h17,19,22H,4-16,33H2,1-3H3/t19-,22-,31-/m0/s1. The maximum atomic E-state index is 10.1. The summed E-state index contributed by atoms with van der Waals surface area (Å²) in [4.78, 5) is 18.3. The monoisotopic (exact) mass is 588 g/mol. The highest BCUT2D eigenvalue weighted by molar-refractivity contribution is 7.16. The summed E-state index contributed by atoms with van der Waals surface area (Å²) < 4.78 is 12.8. The van der Waals surface area contributed by atoms with Gasteiger partial charge in [0.1, 0.15) is 23.0 Å². The van der Waals surface area contributed by atoms with Gasteiger partial charge in [-0.3, -0.25) is 4.90 Å². The summed E-state index contributed by atoms with van der Waals surface area (Å²) in [7, 11) is 4.33. The number of aryl methyl sites for hydroxylation is 1. The highest BCUT2D eigenvalue weighted by Crippen LogP contribution is 2.55. The van der Waals surface area contributed by atoms with Crippen LogP contribution in [0, 0.1) is 11.3 Å². The van der Waals surface area contributed by atoms with E-state index < -0.39 is 0 Å². The number of anilines is 2. The average molecular weight is 589 g/mol. The topological polar surface area (TPSA) is 121 Å². The van der Waals surface area contributed by atoms with Gasteiger partial charge in [-0.1, -0.05) is 5.16 Å². The second-order valence-electron chi connectivity index (χ2n) is 12.6. The molecule has 3 atom stereocenters. The maximum absolute atomic E-state index is 10.1. The minimum atomic E-state index is -0.373. The molecule has 0 bridgehead atoms. The second-order valence-corrected chi connectivity index (χ2v) is 13.7. The van der Waals surface area contributed by atoms with E-state index in [1.165, 1.54) is 11.3 Å². The molecule has 42 heavy (non-hydrogen) atoms. The summed E-state index contributed by atoms with van der Waals surface area (Å²) in [6, 6.07) is 4.77. The zero-order valence-corrected chi connectivity index (χ0v) is 25.7. The molecule has 4 aliphatic rings. The van der Waals surface area contributed by atoms with E-state index in [9.17, 15) is 5.26 Å². The van der Waals surface area contributed by atoms with Crippen LogP contribution in [0.4, 0.5) is 10.8 Å². The molecule has 2 N–H and O–H groups in total. The summed E-state index contributed by atoms with van der Waals surface area (Å²) in [5.41, 5.74) is 9.43.